The first-order valence-electron chi connectivity index (χ1n) is 8.53. The highest BCUT2D eigenvalue weighted by Gasteiger charge is 2.37. The summed E-state index contributed by atoms with van der Waals surface area (Å²) in [5.74, 6) is -1.77. The van der Waals surface area contributed by atoms with Crippen LogP contribution >= 0.6 is 23.2 Å². The van der Waals surface area contributed by atoms with Crippen LogP contribution in [0.2, 0.25) is 5.02 Å². The zero-order valence-corrected chi connectivity index (χ0v) is 16.4. The van der Waals surface area contributed by atoms with Gasteiger partial charge < -0.3 is 9.64 Å². The van der Waals surface area contributed by atoms with Crippen LogP contribution < -0.4 is 10.1 Å². The maximum Gasteiger partial charge on any atom is 0.420 e. The summed E-state index contributed by atoms with van der Waals surface area (Å²) in [5.41, 5.74) is -0.0560. The molecule has 2 amide bonds. The lowest BCUT2D eigenvalue weighted by atomic mass is 10.1. The van der Waals surface area contributed by atoms with Gasteiger partial charge in [-0.3, -0.25) is 14.9 Å². The number of ether oxygens (including phenoxy) is 1. The number of rotatable bonds is 3. The Bertz CT molecular complexity index is 1100. The van der Waals surface area contributed by atoms with E-state index in [1.807, 2.05) is 0 Å². The summed E-state index contributed by atoms with van der Waals surface area (Å²) in [6.45, 7) is 0.364. The second kappa shape index (κ2) is 7.44. The number of carbonyl (C=O) groups excluding carboxylic acids is 2. The highest BCUT2D eigenvalue weighted by Crippen LogP contribution is 2.40. The molecule has 0 aliphatic carbocycles. The first kappa shape index (κ1) is 20.4. The van der Waals surface area contributed by atoms with Crippen molar-refractivity contribution < 1.29 is 27.5 Å². The topological polar surface area (TPSA) is 84.4 Å². The average Bonchev–Trinajstić information content (AvgIpc) is 2.94. The maximum atomic E-state index is 13.3. The Kier molecular flexibility index (Phi) is 5.07. The average molecular weight is 459 g/mol. The van der Waals surface area contributed by atoms with Crippen molar-refractivity contribution in [3.63, 3.8) is 0 Å². The quantitative estimate of drug-likeness (QED) is 0.709. The molecular weight excluding hydrogens is 448 g/mol. The predicted octanol–water partition coefficient (Wildman–Crippen LogP) is 3.41. The Morgan fingerprint density at radius 3 is 2.57 bits per heavy atom. The molecule has 2 aromatic rings. The van der Waals surface area contributed by atoms with E-state index < -0.39 is 29.3 Å². The number of nitrogens with zero attached hydrogens (tertiary/aromatic N) is 3. The van der Waals surface area contributed by atoms with Gasteiger partial charge in [-0.2, -0.15) is 13.2 Å². The van der Waals surface area contributed by atoms with E-state index in [-0.39, 0.29) is 41.1 Å². The number of alkyl halides is 3. The lowest BCUT2D eigenvalue weighted by Gasteiger charge is -2.30. The number of carbonyl (C=O) groups is 2. The van der Waals surface area contributed by atoms with Crippen LogP contribution in [-0.4, -0.2) is 33.2 Å². The number of amides is 2. The van der Waals surface area contributed by atoms with E-state index in [9.17, 15) is 22.8 Å². The fourth-order valence-electron chi connectivity index (χ4n) is 3.23. The largest absolute Gasteiger partial charge is 0.438 e. The molecule has 0 atom stereocenters. The van der Waals surface area contributed by atoms with Crippen LogP contribution in [-0.2, 0) is 28.7 Å². The molecule has 156 valence electrons. The summed E-state index contributed by atoms with van der Waals surface area (Å²) in [5, 5.41) is 1.81. The van der Waals surface area contributed by atoms with Gasteiger partial charge in [0.2, 0.25) is 5.88 Å². The normalized spacial score (nSPS) is 16.6. The smallest absolute Gasteiger partial charge is 0.420 e. The van der Waals surface area contributed by atoms with Gasteiger partial charge in [0.05, 0.1) is 17.8 Å². The van der Waals surface area contributed by atoms with Gasteiger partial charge in [0, 0.05) is 17.1 Å². The number of hydrogen-bond donors (Lipinski definition) is 1. The molecule has 30 heavy (non-hydrogen) atoms. The predicted molar refractivity (Wildman–Crippen MR) is 98.7 cm³/mol. The summed E-state index contributed by atoms with van der Waals surface area (Å²) < 4.78 is 45.5. The SMILES string of the molecule is O=C1NC(=O)C(N2CCc3c(ncnc3Oc3ccc(Cl)cc3C(F)(F)F)C2)=C1Cl. The number of hydrogen-bond acceptors (Lipinski definition) is 6. The molecule has 0 saturated carbocycles. The molecule has 0 spiro atoms. The number of nitrogens with one attached hydrogen (secondary N) is 1. The standard InChI is InChI=1S/C18H11Cl2F3N4O3/c19-8-1-2-12(10(5-8)18(21,22)23)30-17-9-3-4-27(6-11(9)24-7-25-17)14-13(20)15(28)26-16(14)29/h1-2,5,7H,3-4,6H2,(H,26,28,29). The van der Waals surface area contributed by atoms with Gasteiger partial charge in [0.25, 0.3) is 11.8 Å². The van der Waals surface area contributed by atoms with Crippen molar-refractivity contribution in [1.82, 2.24) is 20.2 Å². The van der Waals surface area contributed by atoms with Crippen molar-refractivity contribution >= 4 is 35.0 Å². The fraction of sp³-hybridized carbons (Fsp3) is 0.222. The van der Waals surface area contributed by atoms with E-state index >= 15 is 0 Å². The van der Waals surface area contributed by atoms with Crippen LogP contribution in [0.4, 0.5) is 13.2 Å². The third-order valence-electron chi connectivity index (χ3n) is 4.59. The fourth-order valence-corrected chi connectivity index (χ4v) is 3.65. The van der Waals surface area contributed by atoms with Gasteiger partial charge in [-0.25, -0.2) is 9.97 Å². The third kappa shape index (κ3) is 3.68. The molecule has 3 heterocycles. The van der Waals surface area contributed by atoms with Gasteiger partial charge in [-0.05, 0) is 24.6 Å². The van der Waals surface area contributed by atoms with Crippen LogP contribution in [0.15, 0.2) is 35.3 Å². The van der Waals surface area contributed by atoms with Crippen molar-refractivity contribution in [2.45, 2.75) is 19.1 Å². The van der Waals surface area contributed by atoms with Crippen molar-refractivity contribution in [2.24, 2.45) is 0 Å². The van der Waals surface area contributed by atoms with Gasteiger partial charge in [-0.1, -0.05) is 23.2 Å². The molecule has 1 aromatic carbocycles. The van der Waals surface area contributed by atoms with Crippen LogP contribution in [0.3, 0.4) is 0 Å². The molecule has 2 aliphatic heterocycles. The van der Waals surface area contributed by atoms with E-state index in [4.69, 9.17) is 27.9 Å². The second-order valence-electron chi connectivity index (χ2n) is 6.46. The summed E-state index contributed by atoms with van der Waals surface area (Å²) in [4.78, 5) is 33.3. The van der Waals surface area contributed by atoms with E-state index in [0.29, 0.717) is 11.3 Å². The summed E-state index contributed by atoms with van der Waals surface area (Å²) in [6, 6.07) is 3.18. The van der Waals surface area contributed by atoms with Crippen LogP contribution in [0, 0.1) is 0 Å². The van der Waals surface area contributed by atoms with Gasteiger partial charge in [0.1, 0.15) is 22.8 Å². The van der Waals surface area contributed by atoms with Crippen LogP contribution in [0.5, 0.6) is 11.6 Å². The van der Waals surface area contributed by atoms with Gasteiger partial charge in [-0.15, -0.1) is 0 Å². The number of halogens is 5. The molecule has 0 radical (unpaired) electrons. The minimum atomic E-state index is -4.67. The van der Waals surface area contributed by atoms with Crippen molar-refractivity contribution in [3.8, 4) is 11.6 Å². The van der Waals surface area contributed by atoms with Gasteiger partial charge in [0.15, 0.2) is 0 Å². The van der Waals surface area contributed by atoms with Crippen LogP contribution in [0.25, 0.3) is 0 Å². The number of imide groups is 1. The van der Waals surface area contributed by atoms with E-state index in [1.165, 1.54) is 6.07 Å². The molecule has 4 rings (SSSR count). The molecule has 7 nitrogen and oxygen atoms in total. The van der Waals surface area contributed by atoms with Crippen molar-refractivity contribution in [2.75, 3.05) is 6.54 Å². The first-order chi connectivity index (χ1) is 14.1. The monoisotopic (exact) mass is 458 g/mol. The molecule has 0 unspecified atom stereocenters. The first-order valence-corrected chi connectivity index (χ1v) is 9.28. The lowest BCUT2D eigenvalue weighted by molar-refractivity contribution is -0.138. The van der Waals surface area contributed by atoms with Crippen molar-refractivity contribution in [1.29, 1.82) is 0 Å². The Labute approximate surface area is 177 Å². The van der Waals surface area contributed by atoms with E-state index in [0.717, 1.165) is 18.5 Å². The van der Waals surface area contributed by atoms with E-state index in [2.05, 4.69) is 15.3 Å². The molecule has 12 heteroatoms. The zero-order chi connectivity index (χ0) is 21.6. The Morgan fingerprint density at radius 1 is 1.13 bits per heavy atom. The summed E-state index contributed by atoms with van der Waals surface area (Å²) in [6.07, 6.45) is -3.26. The Hall–Kier alpha value is -2.85. The zero-order valence-electron chi connectivity index (χ0n) is 14.9. The maximum absolute atomic E-state index is 13.3. The minimum Gasteiger partial charge on any atom is -0.438 e. The molecule has 0 fully saturated rings. The molecule has 1 aromatic heterocycles. The summed E-state index contributed by atoms with van der Waals surface area (Å²) >= 11 is 11.6. The third-order valence-corrected chi connectivity index (χ3v) is 5.17. The minimum absolute atomic E-state index is 0.0282. The highest BCUT2D eigenvalue weighted by molar-refractivity contribution is 6.47. The Balaban J connectivity index is 1.65. The highest BCUT2D eigenvalue weighted by atomic mass is 35.5. The molecule has 0 saturated heterocycles. The second-order valence-corrected chi connectivity index (χ2v) is 7.28. The molecule has 0 bridgehead atoms. The number of fused-ring (bicyclic) bond motifs is 1. The molecular formula is C18H11Cl2F3N4O3. The number of aromatic nitrogens is 2. The van der Waals surface area contributed by atoms with Crippen LogP contribution in [0.1, 0.15) is 16.8 Å². The summed E-state index contributed by atoms with van der Waals surface area (Å²) in [7, 11) is 0. The van der Waals surface area contributed by atoms with Crippen molar-refractivity contribution in [3.05, 3.63) is 57.1 Å². The lowest BCUT2D eigenvalue weighted by Crippen LogP contribution is -2.35. The number of benzene rings is 1. The van der Waals surface area contributed by atoms with E-state index in [1.54, 1.807) is 4.90 Å². The molecule has 2 aliphatic rings. The molecule has 1 N–H and O–H groups in total. The Morgan fingerprint density at radius 2 is 1.90 bits per heavy atom. The van der Waals surface area contributed by atoms with Gasteiger partial charge >= 0.3 is 6.18 Å².